The normalized spacial score (nSPS) is 14.0. The third-order valence-electron chi connectivity index (χ3n) is 7.65. The molecule has 4 aromatic rings. The molecule has 2 heterocycles. The van der Waals surface area contributed by atoms with Crippen molar-refractivity contribution in [1.29, 1.82) is 0 Å². The third-order valence-corrected chi connectivity index (χ3v) is 7.65. The van der Waals surface area contributed by atoms with Gasteiger partial charge in [0.15, 0.2) is 0 Å². The Morgan fingerprint density at radius 2 is 1.70 bits per heavy atom. The minimum absolute atomic E-state index is 0.00144. The number of methoxy groups -OCH3 is 1. The highest BCUT2D eigenvalue weighted by atomic mass is 16.5. The monoisotopic (exact) mass is 581 g/mol. The SMILES string of the molecule is COc1c(CC(N)=O)cc(C(C)(C)C)cc1NC(=O)Nc1ccc(-c2ccc(CN3CCOCC3)nc2)c2ccccc12. The van der Waals surface area contributed by atoms with Gasteiger partial charge in [-0.2, -0.15) is 0 Å². The molecule has 1 aliphatic rings. The predicted molar refractivity (Wildman–Crippen MR) is 171 cm³/mol. The van der Waals surface area contributed by atoms with E-state index in [4.69, 9.17) is 20.2 Å². The van der Waals surface area contributed by atoms with Gasteiger partial charge >= 0.3 is 6.03 Å². The van der Waals surface area contributed by atoms with Crippen LogP contribution in [0.25, 0.3) is 21.9 Å². The Morgan fingerprint density at radius 3 is 2.35 bits per heavy atom. The zero-order valence-corrected chi connectivity index (χ0v) is 25.2. The van der Waals surface area contributed by atoms with E-state index in [1.807, 2.05) is 54.7 Å². The second kappa shape index (κ2) is 12.8. The van der Waals surface area contributed by atoms with E-state index in [-0.39, 0.29) is 11.8 Å². The van der Waals surface area contributed by atoms with E-state index in [0.29, 0.717) is 22.7 Å². The maximum Gasteiger partial charge on any atom is 0.323 e. The predicted octanol–water partition coefficient (Wildman–Crippen LogP) is 5.71. The number of nitrogens with two attached hydrogens (primary N) is 1. The number of fused-ring (bicyclic) bond motifs is 1. The first-order valence-corrected chi connectivity index (χ1v) is 14.5. The van der Waals surface area contributed by atoms with Crippen LogP contribution in [-0.4, -0.2) is 55.2 Å². The summed E-state index contributed by atoms with van der Waals surface area (Å²) in [5.41, 5.74) is 11.0. The lowest BCUT2D eigenvalue weighted by Crippen LogP contribution is -2.35. The van der Waals surface area contributed by atoms with Gasteiger partial charge in [-0.25, -0.2) is 4.79 Å². The summed E-state index contributed by atoms with van der Waals surface area (Å²) < 4.78 is 11.1. The van der Waals surface area contributed by atoms with E-state index in [1.54, 1.807) is 0 Å². The van der Waals surface area contributed by atoms with Crippen molar-refractivity contribution in [3.63, 3.8) is 0 Å². The minimum Gasteiger partial charge on any atom is -0.494 e. The van der Waals surface area contributed by atoms with Crippen LogP contribution in [0.3, 0.4) is 0 Å². The summed E-state index contributed by atoms with van der Waals surface area (Å²) in [7, 11) is 1.51. The number of amides is 3. The summed E-state index contributed by atoms with van der Waals surface area (Å²) >= 11 is 0. The molecule has 43 heavy (non-hydrogen) atoms. The summed E-state index contributed by atoms with van der Waals surface area (Å²) in [4.78, 5) is 32.2. The van der Waals surface area contributed by atoms with Gasteiger partial charge in [0, 0.05) is 42.3 Å². The number of aromatic nitrogens is 1. The molecule has 0 unspecified atom stereocenters. The Hall–Kier alpha value is -4.47. The summed E-state index contributed by atoms with van der Waals surface area (Å²) in [5.74, 6) is -0.0695. The number of primary amides is 1. The fourth-order valence-electron chi connectivity index (χ4n) is 5.38. The summed E-state index contributed by atoms with van der Waals surface area (Å²) in [6, 6.07) is 19.4. The lowest BCUT2D eigenvalue weighted by molar-refractivity contribution is -0.117. The Labute approximate surface area is 252 Å². The van der Waals surface area contributed by atoms with E-state index in [0.717, 1.165) is 66.0 Å². The van der Waals surface area contributed by atoms with Gasteiger partial charge in [0.2, 0.25) is 5.91 Å². The number of morpholine rings is 1. The van der Waals surface area contributed by atoms with Crippen LogP contribution in [0.1, 0.15) is 37.6 Å². The Balaban J connectivity index is 1.39. The average Bonchev–Trinajstić information content (AvgIpc) is 2.97. The summed E-state index contributed by atoms with van der Waals surface area (Å²) in [5, 5.41) is 7.85. The Bertz CT molecular complexity index is 1620. The molecule has 0 spiro atoms. The van der Waals surface area contributed by atoms with Crippen LogP contribution in [0.2, 0.25) is 0 Å². The number of hydrogen-bond acceptors (Lipinski definition) is 6. The number of pyridine rings is 1. The van der Waals surface area contributed by atoms with E-state index >= 15 is 0 Å². The quantitative estimate of drug-likeness (QED) is 0.245. The number of hydrogen-bond donors (Lipinski definition) is 3. The van der Waals surface area contributed by atoms with Crippen molar-refractivity contribution < 1.29 is 19.1 Å². The van der Waals surface area contributed by atoms with Gasteiger partial charge in [-0.3, -0.25) is 14.7 Å². The average molecular weight is 582 g/mol. The zero-order chi connectivity index (χ0) is 30.6. The molecule has 0 saturated carbocycles. The standard InChI is InChI=1S/C34H39N5O4/c1-34(2,3)24-17-23(18-31(35)40)32(42-4)30(19-24)38-33(41)37-29-12-11-26(27-7-5-6-8-28(27)29)22-9-10-25(36-20-22)21-39-13-15-43-16-14-39/h5-12,17,19-20H,13-16,18,21H2,1-4H3,(H2,35,40)(H2,37,38,41). The maximum absolute atomic E-state index is 13.4. The van der Waals surface area contributed by atoms with Crippen LogP contribution >= 0.6 is 0 Å². The van der Waals surface area contributed by atoms with Gasteiger partial charge in [0.1, 0.15) is 5.75 Å². The van der Waals surface area contributed by atoms with E-state index in [9.17, 15) is 9.59 Å². The van der Waals surface area contributed by atoms with Crippen molar-refractivity contribution in [2.75, 3.05) is 44.0 Å². The molecular formula is C34H39N5O4. The van der Waals surface area contributed by atoms with E-state index in [1.165, 1.54) is 7.11 Å². The fraction of sp³-hybridized carbons (Fsp3) is 0.324. The van der Waals surface area contributed by atoms with Crippen LogP contribution in [0, 0.1) is 0 Å². The molecule has 1 fully saturated rings. The molecule has 9 heteroatoms. The highest BCUT2D eigenvalue weighted by Gasteiger charge is 2.22. The lowest BCUT2D eigenvalue weighted by atomic mass is 9.85. The maximum atomic E-state index is 13.4. The fourth-order valence-corrected chi connectivity index (χ4v) is 5.38. The number of carbonyl (C=O) groups excluding carboxylic acids is 2. The second-order valence-electron chi connectivity index (χ2n) is 11.8. The van der Waals surface area contributed by atoms with Crippen LogP contribution in [0.4, 0.5) is 16.2 Å². The van der Waals surface area contributed by atoms with E-state index in [2.05, 4.69) is 48.4 Å². The third kappa shape index (κ3) is 7.13. The van der Waals surface area contributed by atoms with Crippen LogP contribution < -0.4 is 21.1 Å². The molecule has 0 aliphatic carbocycles. The van der Waals surface area contributed by atoms with Gasteiger partial charge in [-0.05, 0) is 40.1 Å². The van der Waals surface area contributed by atoms with Crippen molar-refractivity contribution in [2.24, 2.45) is 5.73 Å². The number of anilines is 2. The number of nitrogens with one attached hydrogen (secondary N) is 2. The molecular weight excluding hydrogens is 542 g/mol. The van der Waals surface area contributed by atoms with Crippen molar-refractivity contribution in [3.8, 4) is 16.9 Å². The molecule has 9 nitrogen and oxygen atoms in total. The van der Waals surface area contributed by atoms with Gasteiger partial charge in [0.05, 0.1) is 43.8 Å². The first-order valence-electron chi connectivity index (χ1n) is 14.5. The summed E-state index contributed by atoms with van der Waals surface area (Å²) in [6.45, 7) is 10.3. The molecule has 1 aromatic heterocycles. The van der Waals surface area contributed by atoms with Crippen LogP contribution in [0.5, 0.6) is 5.75 Å². The molecule has 4 N–H and O–H groups in total. The first-order chi connectivity index (χ1) is 20.6. The topological polar surface area (TPSA) is 119 Å². The molecule has 1 saturated heterocycles. The molecule has 3 aromatic carbocycles. The van der Waals surface area contributed by atoms with Crippen molar-refractivity contribution >= 4 is 34.1 Å². The summed E-state index contributed by atoms with van der Waals surface area (Å²) in [6.07, 6.45) is 1.91. The van der Waals surface area contributed by atoms with Crippen LogP contribution in [0.15, 0.2) is 66.9 Å². The molecule has 5 rings (SSSR count). The zero-order valence-electron chi connectivity index (χ0n) is 25.2. The number of urea groups is 1. The van der Waals surface area contributed by atoms with Gasteiger partial charge in [-0.15, -0.1) is 0 Å². The highest BCUT2D eigenvalue weighted by Crippen LogP contribution is 2.37. The number of rotatable bonds is 8. The van der Waals surface area contributed by atoms with Crippen LogP contribution in [-0.2, 0) is 27.9 Å². The minimum atomic E-state index is -0.478. The number of nitrogens with zero attached hydrogens (tertiary/aromatic N) is 2. The van der Waals surface area contributed by atoms with Crippen molar-refractivity contribution in [3.05, 3.63) is 83.7 Å². The van der Waals surface area contributed by atoms with Crippen molar-refractivity contribution in [2.45, 2.75) is 39.2 Å². The second-order valence-corrected chi connectivity index (χ2v) is 11.8. The number of benzene rings is 3. The van der Waals surface area contributed by atoms with E-state index < -0.39 is 11.9 Å². The van der Waals surface area contributed by atoms with Crippen molar-refractivity contribution in [1.82, 2.24) is 9.88 Å². The molecule has 3 amide bonds. The Morgan fingerprint density at radius 1 is 0.977 bits per heavy atom. The highest BCUT2D eigenvalue weighted by molar-refractivity contribution is 6.10. The molecule has 0 atom stereocenters. The molecule has 0 bridgehead atoms. The smallest absolute Gasteiger partial charge is 0.323 e. The van der Waals surface area contributed by atoms with Gasteiger partial charge in [0.25, 0.3) is 0 Å². The molecule has 0 radical (unpaired) electrons. The largest absolute Gasteiger partial charge is 0.494 e. The number of carbonyl (C=O) groups is 2. The van der Waals surface area contributed by atoms with Gasteiger partial charge in [-0.1, -0.05) is 63.2 Å². The Kier molecular flexibility index (Phi) is 8.94. The lowest BCUT2D eigenvalue weighted by Gasteiger charge is -2.26. The first kappa shape index (κ1) is 30.0. The molecule has 1 aliphatic heterocycles. The number of ether oxygens (including phenoxy) is 2. The molecule has 224 valence electrons. The van der Waals surface area contributed by atoms with Gasteiger partial charge < -0.3 is 25.8 Å².